The minimum Gasteiger partial charge on any atom is -0.344 e. The van der Waals surface area contributed by atoms with Gasteiger partial charge >= 0.3 is 0 Å². The number of aryl methyl sites for hydroxylation is 1. The molecule has 1 fully saturated rings. The molecule has 0 aliphatic carbocycles. The number of anilines is 1. The van der Waals surface area contributed by atoms with Crippen LogP contribution in [0.3, 0.4) is 0 Å². The normalized spacial score (nSPS) is 17.1. The molecule has 1 aromatic heterocycles. The Morgan fingerprint density at radius 3 is 2.74 bits per heavy atom. The molecule has 1 aromatic rings. The maximum Gasteiger partial charge on any atom is 0.205 e. The summed E-state index contributed by atoms with van der Waals surface area (Å²) in [7, 11) is 0. The Bertz CT molecular complexity index is 371. The van der Waals surface area contributed by atoms with E-state index in [1.54, 1.807) is 11.5 Å². The highest BCUT2D eigenvalue weighted by molar-refractivity contribution is 7.09. The first-order valence-electron chi connectivity index (χ1n) is 7.50. The minimum atomic E-state index is 0.498. The van der Waals surface area contributed by atoms with Gasteiger partial charge in [-0.2, -0.15) is 4.37 Å². The summed E-state index contributed by atoms with van der Waals surface area (Å²) in [6.45, 7) is 10.1. The summed E-state index contributed by atoms with van der Waals surface area (Å²) in [4.78, 5) is 7.14. The summed E-state index contributed by atoms with van der Waals surface area (Å²) in [6.07, 6.45) is 4.68. The van der Waals surface area contributed by atoms with Gasteiger partial charge in [0.2, 0.25) is 5.13 Å². The van der Waals surface area contributed by atoms with Crippen LogP contribution in [0.5, 0.6) is 0 Å². The van der Waals surface area contributed by atoms with Crippen LogP contribution in [0.15, 0.2) is 0 Å². The smallest absolute Gasteiger partial charge is 0.205 e. The van der Waals surface area contributed by atoms with Crippen LogP contribution in [-0.4, -0.2) is 35.0 Å². The molecule has 0 amide bonds. The van der Waals surface area contributed by atoms with Gasteiger partial charge in [0, 0.05) is 30.5 Å². The molecule has 1 N–H and O–H groups in total. The SMILES string of the molecule is CCCc1nsc(N(CC2CCNCC2)C(C)C)n1. The number of nitrogens with zero attached hydrogens (tertiary/aromatic N) is 3. The molecular formula is C14H26N4S. The number of hydrogen-bond acceptors (Lipinski definition) is 5. The third kappa shape index (κ3) is 4.14. The van der Waals surface area contributed by atoms with Crippen molar-refractivity contribution < 1.29 is 0 Å². The van der Waals surface area contributed by atoms with E-state index in [0.717, 1.165) is 49.3 Å². The molecule has 0 unspecified atom stereocenters. The first-order valence-corrected chi connectivity index (χ1v) is 8.28. The quantitative estimate of drug-likeness (QED) is 0.871. The van der Waals surface area contributed by atoms with Gasteiger partial charge in [-0.15, -0.1) is 0 Å². The Balaban J connectivity index is 2.01. The van der Waals surface area contributed by atoms with Crippen LogP contribution in [-0.2, 0) is 6.42 Å². The van der Waals surface area contributed by atoms with E-state index in [-0.39, 0.29) is 0 Å². The van der Waals surface area contributed by atoms with E-state index < -0.39 is 0 Å². The number of piperidine rings is 1. The highest BCUT2D eigenvalue weighted by Crippen LogP contribution is 2.24. The molecule has 19 heavy (non-hydrogen) atoms. The van der Waals surface area contributed by atoms with Crippen molar-refractivity contribution in [3.8, 4) is 0 Å². The van der Waals surface area contributed by atoms with Gasteiger partial charge in [0.1, 0.15) is 5.82 Å². The second-order valence-corrected chi connectivity index (χ2v) is 6.41. The molecule has 0 saturated carbocycles. The van der Waals surface area contributed by atoms with E-state index in [2.05, 4.69) is 35.4 Å². The molecule has 0 spiro atoms. The molecule has 1 aliphatic rings. The summed E-state index contributed by atoms with van der Waals surface area (Å²) in [5.41, 5.74) is 0. The van der Waals surface area contributed by atoms with Crippen molar-refractivity contribution in [2.45, 2.75) is 52.5 Å². The van der Waals surface area contributed by atoms with Crippen LogP contribution >= 0.6 is 11.5 Å². The lowest BCUT2D eigenvalue weighted by Crippen LogP contribution is -2.39. The average Bonchev–Trinajstić information content (AvgIpc) is 2.85. The van der Waals surface area contributed by atoms with E-state index in [1.807, 2.05) is 0 Å². The molecule has 0 atom stereocenters. The number of nitrogens with one attached hydrogen (secondary N) is 1. The maximum absolute atomic E-state index is 4.70. The number of hydrogen-bond donors (Lipinski definition) is 1. The van der Waals surface area contributed by atoms with Crippen molar-refractivity contribution in [1.29, 1.82) is 0 Å². The lowest BCUT2D eigenvalue weighted by molar-refractivity contribution is 0.367. The third-order valence-corrected chi connectivity index (χ3v) is 4.50. The van der Waals surface area contributed by atoms with Gasteiger partial charge in [-0.3, -0.25) is 0 Å². The van der Waals surface area contributed by atoms with Crippen molar-refractivity contribution in [2.75, 3.05) is 24.5 Å². The molecule has 1 saturated heterocycles. The molecular weight excluding hydrogens is 256 g/mol. The van der Waals surface area contributed by atoms with E-state index in [4.69, 9.17) is 4.98 Å². The fourth-order valence-electron chi connectivity index (χ4n) is 2.54. The van der Waals surface area contributed by atoms with Crippen LogP contribution in [0.4, 0.5) is 5.13 Å². The predicted octanol–water partition coefficient (Wildman–Crippen LogP) is 2.71. The van der Waals surface area contributed by atoms with Gasteiger partial charge in [0.25, 0.3) is 0 Å². The summed E-state index contributed by atoms with van der Waals surface area (Å²) < 4.78 is 4.48. The summed E-state index contributed by atoms with van der Waals surface area (Å²) in [6, 6.07) is 0.498. The Morgan fingerprint density at radius 1 is 1.37 bits per heavy atom. The van der Waals surface area contributed by atoms with Crippen molar-refractivity contribution in [3.63, 3.8) is 0 Å². The van der Waals surface area contributed by atoms with E-state index in [1.165, 1.54) is 12.8 Å². The molecule has 0 bridgehead atoms. The molecule has 108 valence electrons. The number of rotatable bonds is 6. The van der Waals surface area contributed by atoms with Crippen LogP contribution in [0.2, 0.25) is 0 Å². The van der Waals surface area contributed by atoms with Crippen molar-refractivity contribution >= 4 is 16.7 Å². The average molecular weight is 282 g/mol. The standard InChI is InChI=1S/C14H26N4S/c1-4-5-13-16-14(19-17-13)18(11(2)3)10-12-6-8-15-9-7-12/h11-12,15H,4-10H2,1-3H3. The Morgan fingerprint density at radius 2 is 2.11 bits per heavy atom. The zero-order valence-corrected chi connectivity index (χ0v) is 13.2. The van der Waals surface area contributed by atoms with Gasteiger partial charge in [-0.05, 0) is 52.1 Å². The Labute approximate surface area is 120 Å². The third-order valence-electron chi connectivity index (χ3n) is 3.71. The van der Waals surface area contributed by atoms with Crippen molar-refractivity contribution in [1.82, 2.24) is 14.7 Å². The van der Waals surface area contributed by atoms with Gasteiger partial charge in [-0.25, -0.2) is 4.98 Å². The zero-order chi connectivity index (χ0) is 13.7. The summed E-state index contributed by atoms with van der Waals surface area (Å²) in [5.74, 6) is 1.81. The lowest BCUT2D eigenvalue weighted by atomic mass is 9.97. The van der Waals surface area contributed by atoms with E-state index in [9.17, 15) is 0 Å². The molecule has 0 aromatic carbocycles. The predicted molar refractivity (Wildman–Crippen MR) is 82.0 cm³/mol. The lowest BCUT2D eigenvalue weighted by Gasteiger charge is -2.32. The fourth-order valence-corrected chi connectivity index (χ4v) is 3.39. The first kappa shape index (κ1) is 14.7. The monoisotopic (exact) mass is 282 g/mol. The summed E-state index contributed by atoms with van der Waals surface area (Å²) in [5, 5.41) is 4.54. The van der Waals surface area contributed by atoms with Crippen LogP contribution in [0.1, 0.15) is 45.9 Å². The van der Waals surface area contributed by atoms with Crippen LogP contribution in [0, 0.1) is 5.92 Å². The van der Waals surface area contributed by atoms with Gasteiger partial charge in [-0.1, -0.05) is 6.92 Å². The van der Waals surface area contributed by atoms with Crippen molar-refractivity contribution in [3.05, 3.63) is 5.82 Å². The van der Waals surface area contributed by atoms with Crippen LogP contribution in [0.25, 0.3) is 0 Å². The Hall–Kier alpha value is -0.680. The highest BCUT2D eigenvalue weighted by atomic mass is 32.1. The van der Waals surface area contributed by atoms with Gasteiger partial charge in [0.05, 0.1) is 0 Å². The van der Waals surface area contributed by atoms with Gasteiger partial charge < -0.3 is 10.2 Å². The molecule has 2 rings (SSSR count). The highest BCUT2D eigenvalue weighted by Gasteiger charge is 2.21. The molecule has 4 nitrogen and oxygen atoms in total. The Kier molecular flexibility index (Phi) is 5.58. The largest absolute Gasteiger partial charge is 0.344 e. The topological polar surface area (TPSA) is 41.1 Å². The summed E-state index contributed by atoms with van der Waals surface area (Å²) >= 11 is 1.56. The van der Waals surface area contributed by atoms with E-state index in [0.29, 0.717) is 6.04 Å². The zero-order valence-electron chi connectivity index (χ0n) is 12.4. The van der Waals surface area contributed by atoms with Gasteiger partial charge in [0.15, 0.2) is 0 Å². The van der Waals surface area contributed by atoms with E-state index >= 15 is 0 Å². The first-order chi connectivity index (χ1) is 9.20. The van der Waals surface area contributed by atoms with Crippen LogP contribution < -0.4 is 10.2 Å². The minimum absolute atomic E-state index is 0.498. The maximum atomic E-state index is 4.70. The molecule has 2 heterocycles. The second-order valence-electron chi connectivity index (χ2n) is 5.68. The molecule has 5 heteroatoms. The van der Waals surface area contributed by atoms with Crippen molar-refractivity contribution in [2.24, 2.45) is 5.92 Å². The fraction of sp³-hybridized carbons (Fsp3) is 0.857. The second kappa shape index (κ2) is 7.20. The molecule has 0 radical (unpaired) electrons. The molecule has 1 aliphatic heterocycles. The number of aromatic nitrogens is 2.